The molecule has 0 bridgehead atoms. The van der Waals surface area contributed by atoms with E-state index in [0.717, 1.165) is 38.2 Å². The van der Waals surface area contributed by atoms with Gasteiger partial charge >= 0.3 is 0 Å². The highest BCUT2D eigenvalue weighted by molar-refractivity contribution is 5.37. The van der Waals surface area contributed by atoms with Gasteiger partial charge in [0.1, 0.15) is 0 Å². The lowest BCUT2D eigenvalue weighted by atomic mass is 9.77. The van der Waals surface area contributed by atoms with E-state index < -0.39 is 0 Å². The van der Waals surface area contributed by atoms with Crippen LogP contribution in [0.2, 0.25) is 0 Å². The van der Waals surface area contributed by atoms with Gasteiger partial charge in [0.25, 0.3) is 0 Å². The van der Waals surface area contributed by atoms with Crippen molar-refractivity contribution in [1.82, 2.24) is 24.6 Å². The molecule has 1 aliphatic heterocycles. The second-order valence-electron chi connectivity index (χ2n) is 7.77. The van der Waals surface area contributed by atoms with Crippen LogP contribution < -0.4 is 5.73 Å². The Labute approximate surface area is 159 Å². The molecule has 3 heterocycles. The lowest BCUT2D eigenvalue weighted by Gasteiger charge is -2.40. The molecule has 1 atom stereocenters. The van der Waals surface area contributed by atoms with Gasteiger partial charge in [0.2, 0.25) is 5.95 Å². The van der Waals surface area contributed by atoms with Gasteiger partial charge in [0, 0.05) is 30.9 Å². The predicted molar refractivity (Wildman–Crippen MR) is 105 cm³/mol. The molecular formula is C21H24N6. The highest BCUT2D eigenvalue weighted by atomic mass is 15.3. The van der Waals surface area contributed by atoms with E-state index in [4.69, 9.17) is 5.73 Å². The molecule has 0 saturated carbocycles. The summed E-state index contributed by atoms with van der Waals surface area (Å²) >= 11 is 0. The number of likely N-dealkylation sites (tertiary alicyclic amines) is 1. The van der Waals surface area contributed by atoms with Crippen molar-refractivity contribution in [3.8, 4) is 5.69 Å². The molecule has 27 heavy (non-hydrogen) atoms. The van der Waals surface area contributed by atoms with Crippen molar-refractivity contribution in [3.63, 3.8) is 0 Å². The Balaban J connectivity index is 1.40. The molecule has 6 nitrogen and oxygen atoms in total. The molecule has 1 aromatic carbocycles. The summed E-state index contributed by atoms with van der Waals surface area (Å²) in [6.07, 6.45) is 8.39. The molecule has 3 aromatic rings. The second-order valence-corrected chi connectivity index (χ2v) is 7.77. The Morgan fingerprint density at radius 1 is 1.11 bits per heavy atom. The summed E-state index contributed by atoms with van der Waals surface area (Å²) in [4.78, 5) is 11.4. The predicted octanol–water partition coefficient (Wildman–Crippen LogP) is 2.72. The van der Waals surface area contributed by atoms with Crippen molar-refractivity contribution in [2.24, 2.45) is 0 Å². The lowest BCUT2D eigenvalue weighted by Crippen LogP contribution is -2.45. The van der Waals surface area contributed by atoms with Crippen molar-refractivity contribution in [2.75, 3.05) is 18.8 Å². The number of nitrogens with zero attached hydrogens (tertiary/aromatic N) is 5. The monoisotopic (exact) mass is 360 g/mol. The average Bonchev–Trinajstić information content (AvgIpc) is 3.28. The zero-order chi connectivity index (χ0) is 18.3. The first kappa shape index (κ1) is 16.4. The fourth-order valence-electron chi connectivity index (χ4n) is 4.80. The van der Waals surface area contributed by atoms with Crippen LogP contribution in [-0.4, -0.2) is 37.7 Å². The SMILES string of the molecule is Nc1ncc2c(n1)C1(CCCN(Cc3ccnn3-c3ccccc3)C1)CC2. The van der Waals surface area contributed by atoms with Crippen LogP contribution in [-0.2, 0) is 18.4 Å². The van der Waals surface area contributed by atoms with Gasteiger partial charge in [-0.1, -0.05) is 18.2 Å². The number of benzene rings is 1. The Bertz CT molecular complexity index is 946. The van der Waals surface area contributed by atoms with Gasteiger partial charge < -0.3 is 5.73 Å². The fourth-order valence-corrected chi connectivity index (χ4v) is 4.80. The number of rotatable bonds is 3. The van der Waals surface area contributed by atoms with Gasteiger partial charge in [-0.3, -0.25) is 4.90 Å². The fraction of sp³-hybridized carbons (Fsp3) is 0.381. The maximum absolute atomic E-state index is 5.90. The second kappa shape index (κ2) is 6.46. The number of nitrogens with two attached hydrogens (primary N) is 1. The first-order valence-electron chi connectivity index (χ1n) is 9.66. The van der Waals surface area contributed by atoms with Crippen LogP contribution in [0.5, 0.6) is 0 Å². The number of fused-ring (bicyclic) bond motifs is 2. The van der Waals surface area contributed by atoms with Crippen molar-refractivity contribution in [1.29, 1.82) is 0 Å². The molecule has 1 fully saturated rings. The number of aryl methyl sites for hydroxylation is 1. The van der Waals surface area contributed by atoms with Gasteiger partial charge in [-0.25, -0.2) is 14.6 Å². The van der Waals surface area contributed by atoms with E-state index >= 15 is 0 Å². The Hall–Kier alpha value is -2.73. The topological polar surface area (TPSA) is 72.9 Å². The molecule has 6 heteroatoms. The number of piperidine rings is 1. The van der Waals surface area contributed by atoms with Crippen LogP contribution in [0.3, 0.4) is 0 Å². The normalized spacial score (nSPS) is 22.2. The maximum Gasteiger partial charge on any atom is 0.220 e. The van der Waals surface area contributed by atoms with E-state index in [1.54, 1.807) is 0 Å². The largest absolute Gasteiger partial charge is 0.368 e. The highest BCUT2D eigenvalue weighted by Gasteiger charge is 2.43. The number of hydrogen-bond donors (Lipinski definition) is 1. The standard InChI is InChI=1S/C21H24N6/c22-20-23-13-16-7-10-21(19(16)25-20)9-4-12-26(15-21)14-18-8-11-24-27(18)17-5-2-1-3-6-17/h1-3,5-6,8,11,13H,4,7,9-10,12,14-15H2,(H2,22,23,25). The van der Waals surface area contributed by atoms with Crippen molar-refractivity contribution >= 4 is 5.95 Å². The van der Waals surface area contributed by atoms with Gasteiger partial charge in [-0.15, -0.1) is 0 Å². The third-order valence-corrected chi connectivity index (χ3v) is 6.02. The van der Waals surface area contributed by atoms with Crippen LogP contribution in [0.15, 0.2) is 48.8 Å². The zero-order valence-electron chi connectivity index (χ0n) is 15.4. The van der Waals surface area contributed by atoms with Gasteiger partial charge in [-0.2, -0.15) is 5.10 Å². The molecule has 1 aliphatic carbocycles. The Morgan fingerprint density at radius 3 is 2.89 bits per heavy atom. The summed E-state index contributed by atoms with van der Waals surface area (Å²) in [6, 6.07) is 12.5. The summed E-state index contributed by atoms with van der Waals surface area (Å²) in [7, 11) is 0. The Morgan fingerprint density at radius 2 is 2.00 bits per heavy atom. The van der Waals surface area contributed by atoms with Crippen molar-refractivity contribution < 1.29 is 0 Å². The van der Waals surface area contributed by atoms with E-state index in [2.05, 4.69) is 50.3 Å². The first-order valence-corrected chi connectivity index (χ1v) is 9.66. The van der Waals surface area contributed by atoms with E-state index in [9.17, 15) is 0 Å². The minimum atomic E-state index is 0.127. The third kappa shape index (κ3) is 2.90. The van der Waals surface area contributed by atoms with E-state index in [0.29, 0.717) is 5.95 Å². The van der Waals surface area contributed by atoms with Crippen molar-refractivity contribution in [2.45, 2.75) is 37.6 Å². The molecule has 0 amide bonds. The minimum Gasteiger partial charge on any atom is -0.368 e. The molecule has 138 valence electrons. The smallest absolute Gasteiger partial charge is 0.220 e. The summed E-state index contributed by atoms with van der Waals surface area (Å²) in [5, 5.41) is 4.54. The van der Waals surface area contributed by atoms with Crippen LogP contribution >= 0.6 is 0 Å². The van der Waals surface area contributed by atoms with Gasteiger partial charge in [0.05, 0.1) is 17.1 Å². The molecule has 1 spiro atoms. The van der Waals surface area contributed by atoms with E-state index in [1.165, 1.54) is 29.8 Å². The van der Waals surface area contributed by atoms with Crippen LogP contribution in [0.25, 0.3) is 5.69 Å². The molecule has 2 aliphatic rings. The molecule has 0 radical (unpaired) electrons. The molecule has 1 unspecified atom stereocenters. The number of anilines is 1. The molecular weight excluding hydrogens is 336 g/mol. The summed E-state index contributed by atoms with van der Waals surface area (Å²) in [6.45, 7) is 3.03. The first-order chi connectivity index (χ1) is 13.2. The molecule has 5 rings (SSSR count). The van der Waals surface area contributed by atoms with Crippen LogP contribution in [0.4, 0.5) is 5.95 Å². The molecule has 2 N–H and O–H groups in total. The van der Waals surface area contributed by atoms with Gasteiger partial charge in [-0.05, 0) is 56.0 Å². The quantitative estimate of drug-likeness (QED) is 0.777. The number of aromatic nitrogens is 4. The average molecular weight is 360 g/mol. The van der Waals surface area contributed by atoms with E-state index in [1.807, 2.05) is 23.1 Å². The van der Waals surface area contributed by atoms with Crippen molar-refractivity contribution in [3.05, 3.63) is 65.7 Å². The minimum absolute atomic E-state index is 0.127. The lowest BCUT2D eigenvalue weighted by molar-refractivity contribution is 0.134. The highest BCUT2D eigenvalue weighted by Crippen LogP contribution is 2.44. The number of para-hydroxylation sites is 1. The summed E-state index contributed by atoms with van der Waals surface area (Å²) < 4.78 is 2.05. The summed E-state index contributed by atoms with van der Waals surface area (Å²) in [5.74, 6) is 0.398. The number of hydrogen-bond acceptors (Lipinski definition) is 5. The van der Waals surface area contributed by atoms with Crippen LogP contribution in [0, 0.1) is 0 Å². The van der Waals surface area contributed by atoms with E-state index in [-0.39, 0.29) is 5.41 Å². The Kier molecular flexibility index (Phi) is 3.93. The molecule has 1 saturated heterocycles. The van der Waals surface area contributed by atoms with Crippen LogP contribution in [0.1, 0.15) is 36.2 Å². The third-order valence-electron chi connectivity index (χ3n) is 6.02. The summed E-state index contributed by atoms with van der Waals surface area (Å²) in [5.41, 5.74) is 10.8. The maximum atomic E-state index is 5.90. The number of nitrogen functional groups attached to an aromatic ring is 1. The molecule has 2 aromatic heterocycles. The zero-order valence-corrected chi connectivity index (χ0v) is 15.4. The van der Waals surface area contributed by atoms with Gasteiger partial charge in [0.15, 0.2) is 0 Å².